The van der Waals surface area contributed by atoms with Crippen LogP contribution in [0, 0.1) is 12.3 Å². The molecule has 1 heterocycles. The minimum atomic E-state index is -0.425. The standard InChI is InChI=1S/C13H20N2O2/c1-5-9(6-2)15-11(8-4)12(16)14-10(7-3)13(15)17/h1,9-11H,6-8H2,2-4H3,(H,14,16). The molecule has 1 aliphatic heterocycles. The number of hydrogen-bond acceptors (Lipinski definition) is 2. The van der Waals surface area contributed by atoms with Crippen molar-refractivity contribution in [3.63, 3.8) is 0 Å². The first-order chi connectivity index (χ1) is 8.10. The number of nitrogens with zero attached hydrogens (tertiary/aromatic N) is 1. The quantitative estimate of drug-likeness (QED) is 0.738. The molecule has 0 aromatic heterocycles. The summed E-state index contributed by atoms with van der Waals surface area (Å²) in [6.07, 6.45) is 7.30. The van der Waals surface area contributed by atoms with E-state index in [0.29, 0.717) is 19.3 Å². The van der Waals surface area contributed by atoms with E-state index in [2.05, 4.69) is 11.2 Å². The minimum Gasteiger partial charge on any atom is -0.343 e. The number of carbonyl (C=O) groups excluding carboxylic acids is 2. The normalized spacial score (nSPS) is 26.4. The van der Waals surface area contributed by atoms with E-state index in [9.17, 15) is 9.59 Å². The Morgan fingerprint density at radius 3 is 2.41 bits per heavy atom. The lowest BCUT2D eigenvalue weighted by molar-refractivity contribution is -0.151. The summed E-state index contributed by atoms with van der Waals surface area (Å²) < 4.78 is 0. The van der Waals surface area contributed by atoms with Gasteiger partial charge in [-0.1, -0.05) is 26.7 Å². The number of carbonyl (C=O) groups is 2. The molecule has 1 aliphatic rings. The van der Waals surface area contributed by atoms with E-state index in [1.54, 1.807) is 4.90 Å². The number of piperazine rings is 1. The van der Waals surface area contributed by atoms with Crippen LogP contribution in [0.1, 0.15) is 40.0 Å². The average Bonchev–Trinajstić information content (AvgIpc) is 2.34. The van der Waals surface area contributed by atoms with Crippen LogP contribution in [0.3, 0.4) is 0 Å². The van der Waals surface area contributed by atoms with Crippen molar-refractivity contribution in [2.75, 3.05) is 0 Å². The minimum absolute atomic E-state index is 0.0521. The Morgan fingerprint density at radius 2 is 2.00 bits per heavy atom. The monoisotopic (exact) mass is 236 g/mol. The molecule has 0 aromatic carbocycles. The second kappa shape index (κ2) is 5.72. The third-order valence-corrected chi connectivity index (χ3v) is 3.22. The molecule has 0 saturated carbocycles. The van der Waals surface area contributed by atoms with E-state index >= 15 is 0 Å². The van der Waals surface area contributed by atoms with E-state index in [0.717, 1.165) is 0 Å². The Labute approximate surface area is 103 Å². The predicted molar refractivity (Wildman–Crippen MR) is 66.1 cm³/mol. The van der Waals surface area contributed by atoms with Gasteiger partial charge in [0, 0.05) is 0 Å². The molecule has 1 saturated heterocycles. The molecule has 3 unspecified atom stereocenters. The maximum Gasteiger partial charge on any atom is 0.246 e. The molecule has 0 aliphatic carbocycles. The molecule has 1 rings (SSSR count). The van der Waals surface area contributed by atoms with Gasteiger partial charge in [0.05, 0.1) is 6.04 Å². The van der Waals surface area contributed by atoms with Crippen LogP contribution in [-0.2, 0) is 9.59 Å². The van der Waals surface area contributed by atoms with Gasteiger partial charge in [-0.15, -0.1) is 6.42 Å². The Kier molecular flexibility index (Phi) is 4.56. The van der Waals surface area contributed by atoms with Crippen molar-refractivity contribution in [3.05, 3.63) is 0 Å². The number of rotatable bonds is 4. The van der Waals surface area contributed by atoms with Crippen LogP contribution in [0.25, 0.3) is 0 Å². The van der Waals surface area contributed by atoms with E-state index in [1.165, 1.54) is 0 Å². The summed E-state index contributed by atoms with van der Waals surface area (Å²) in [6, 6.07) is -1.13. The maximum atomic E-state index is 12.2. The Balaban J connectivity index is 3.04. The smallest absolute Gasteiger partial charge is 0.246 e. The van der Waals surface area contributed by atoms with Gasteiger partial charge in [0.2, 0.25) is 11.8 Å². The Hall–Kier alpha value is -1.50. The van der Waals surface area contributed by atoms with Crippen LogP contribution in [-0.4, -0.2) is 34.8 Å². The van der Waals surface area contributed by atoms with Crippen molar-refractivity contribution in [2.45, 2.75) is 58.2 Å². The van der Waals surface area contributed by atoms with E-state index in [4.69, 9.17) is 6.42 Å². The largest absolute Gasteiger partial charge is 0.343 e. The van der Waals surface area contributed by atoms with Crippen molar-refractivity contribution in [1.29, 1.82) is 0 Å². The first kappa shape index (κ1) is 13.6. The van der Waals surface area contributed by atoms with Gasteiger partial charge in [0.15, 0.2) is 0 Å². The van der Waals surface area contributed by atoms with Crippen LogP contribution in [0.5, 0.6) is 0 Å². The summed E-state index contributed by atoms with van der Waals surface area (Å²) in [5, 5.41) is 2.75. The molecule has 94 valence electrons. The first-order valence-corrected chi connectivity index (χ1v) is 6.19. The molecule has 0 bridgehead atoms. The van der Waals surface area contributed by atoms with Crippen molar-refractivity contribution >= 4 is 11.8 Å². The van der Waals surface area contributed by atoms with Gasteiger partial charge in [-0.3, -0.25) is 9.59 Å². The van der Waals surface area contributed by atoms with E-state index in [-0.39, 0.29) is 17.9 Å². The highest BCUT2D eigenvalue weighted by atomic mass is 16.2. The van der Waals surface area contributed by atoms with Gasteiger partial charge in [0.25, 0.3) is 0 Å². The van der Waals surface area contributed by atoms with Crippen molar-refractivity contribution in [1.82, 2.24) is 10.2 Å². The van der Waals surface area contributed by atoms with Crippen molar-refractivity contribution < 1.29 is 9.59 Å². The van der Waals surface area contributed by atoms with Gasteiger partial charge in [0.1, 0.15) is 12.1 Å². The molecule has 1 fully saturated rings. The zero-order chi connectivity index (χ0) is 13.0. The van der Waals surface area contributed by atoms with Crippen LogP contribution >= 0.6 is 0 Å². The molecular weight excluding hydrogens is 216 g/mol. The molecule has 1 N–H and O–H groups in total. The van der Waals surface area contributed by atoms with Crippen LogP contribution in [0.15, 0.2) is 0 Å². The SMILES string of the molecule is C#CC(CC)N1C(=O)C(CC)NC(=O)C1CC. The number of amides is 2. The van der Waals surface area contributed by atoms with Crippen LogP contribution in [0.2, 0.25) is 0 Å². The molecule has 0 radical (unpaired) electrons. The lowest BCUT2D eigenvalue weighted by Crippen LogP contribution is -2.65. The van der Waals surface area contributed by atoms with Gasteiger partial charge >= 0.3 is 0 Å². The van der Waals surface area contributed by atoms with Gasteiger partial charge in [-0.05, 0) is 19.3 Å². The lowest BCUT2D eigenvalue weighted by Gasteiger charge is -2.41. The lowest BCUT2D eigenvalue weighted by atomic mass is 10.00. The number of hydrogen-bond donors (Lipinski definition) is 1. The van der Waals surface area contributed by atoms with Crippen LogP contribution < -0.4 is 5.32 Å². The summed E-state index contributed by atoms with van der Waals surface area (Å²) in [4.78, 5) is 25.7. The molecule has 0 aromatic rings. The van der Waals surface area contributed by atoms with E-state index in [1.807, 2.05) is 20.8 Å². The zero-order valence-corrected chi connectivity index (χ0v) is 10.7. The average molecular weight is 236 g/mol. The summed E-state index contributed by atoms with van der Waals surface area (Å²) in [7, 11) is 0. The Bertz CT molecular complexity index is 346. The van der Waals surface area contributed by atoms with Gasteiger partial charge < -0.3 is 10.2 Å². The maximum absolute atomic E-state index is 12.2. The topological polar surface area (TPSA) is 49.4 Å². The van der Waals surface area contributed by atoms with Gasteiger partial charge in [-0.2, -0.15) is 0 Å². The molecule has 0 spiro atoms. The third kappa shape index (κ3) is 2.44. The second-order valence-electron chi connectivity index (χ2n) is 4.23. The molecule has 3 atom stereocenters. The molecule has 4 nitrogen and oxygen atoms in total. The zero-order valence-electron chi connectivity index (χ0n) is 10.7. The molecule has 2 amide bonds. The molecular formula is C13H20N2O2. The fourth-order valence-corrected chi connectivity index (χ4v) is 2.21. The van der Waals surface area contributed by atoms with Crippen molar-refractivity contribution in [3.8, 4) is 12.3 Å². The highest BCUT2D eigenvalue weighted by Gasteiger charge is 2.41. The fourth-order valence-electron chi connectivity index (χ4n) is 2.21. The fraction of sp³-hybridized carbons (Fsp3) is 0.692. The van der Waals surface area contributed by atoms with Gasteiger partial charge in [-0.25, -0.2) is 0 Å². The summed E-state index contributed by atoms with van der Waals surface area (Å²) in [6.45, 7) is 5.70. The first-order valence-electron chi connectivity index (χ1n) is 6.19. The van der Waals surface area contributed by atoms with Crippen LogP contribution in [0.4, 0.5) is 0 Å². The number of nitrogens with one attached hydrogen (secondary N) is 1. The predicted octanol–water partition coefficient (Wildman–Crippen LogP) is 0.914. The molecule has 4 heteroatoms. The van der Waals surface area contributed by atoms with Crippen molar-refractivity contribution in [2.24, 2.45) is 0 Å². The Morgan fingerprint density at radius 1 is 1.35 bits per heavy atom. The van der Waals surface area contributed by atoms with E-state index < -0.39 is 12.1 Å². The highest BCUT2D eigenvalue weighted by Crippen LogP contribution is 2.19. The summed E-state index contributed by atoms with van der Waals surface area (Å²) >= 11 is 0. The summed E-state index contributed by atoms with van der Waals surface area (Å²) in [5.41, 5.74) is 0. The summed E-state index contributed by atoms with van der Waals surface area (Å²) in [5.74, 6) is 2.46. The molecule has 17 heavy (non-hydrogen) atoms. The third-order valence-electron chi connectivity index (χ3n) is 3.22. The second-order valence-corrected chi connectivity index (χ2v) is 4.23. The highest BCUT2D eigenvalue weighted by molar-refractivity contribution is 5.97. The number of terminal acetylenes is 1.